The minimum Gasteiger partial charge on any atom is -0.382 e. The summed E-state index contributed by atoms with van der Waals surface area (Å²) in [6.45, 7) is 8.22. The lowest BCUT2D eigenvalue weighted by Gasteiger charge is -2.34. The van der Waals surface area contributed by atoms with Crippen molar-refractivity contribution in [2.75, 3.05) is 19.0 Å². The van der Waals surface area contributed by atoms with Crippen molar-refractivity contribution >= 4 is 28.6 Å². The smallest absolute Gasteiger partial charge is 0.262 e. The highest BCUT2D eigenvalue weighted by Gasteiger charge is 2.28. The molecule has 0 aliphatic heterocycles. The molecular formula is C23H33N3O3S. The van der Waals surface area contributed by atoms with Crippen LogP contribution < -0.4 is 10.9 Å². The molecule has 1 aromatic heterocycles. The lowest BCUT2D eigenvalue weighted by Crippen LogP contribution is -2.44. The van der Waals surface area contributed by atoms with Gasteiger partial charge >= 0.3 is 0 Å². The maximum atomic E-state index is 13.0. The van der Waals surface area contributed by atoms with Crippen LogP contribution in [0.5, 0.6) is 0 Å². The highest BCUT2D eigenvalue weighted by molar-refractivity contribution is 7.99. The average Bonchev–Trinajstić information content (AvgIpc) is 2.74. The third kappa shape index (κ3) is 5.64. The van der Waals surface area contributed by atoms with Gasteiger partial charge in [-0.3, -0.25) is 14.2 Å². The molecule has 1 aromatic carbocycles. The standard InChI is InChI=1S/C23H33N3O3S/c1-4-29-14-8-13-26-22(28)18-10-5-6-11-20(18)25-23(26)30-15-21(27)24-19-12-7-9-16(2)17(19)3/h5-6,10-11,16-17,19H,4,7-9,12-15H2,1-3H3,(H,24,27)/t16-,17+,19-/m1/s1. The van der Waals surface area contributed by atoms with Gasteiger partial charge in [0.2, 0.25) is 5.91 Å². The molecule has 0 radical (unpaired) electrons. The number of carbonyl (C=O) groups is 1. The quantitative estimate of drug-likeness (QED) is 0.371. The van der Waals surface area contributed by atoms with E-state index in [0.29, 0.717) is 47.7 Å². The van der Waals surface area contributed by atoms with Gasteiger partial charge in [0.25, 0.3) is 5.56 Å². The molecule has 0 unspecified atom stereocenters. The highest BCUT2D eigenvalue weighted by atomic mass is 32.2. The number of hydrogen-bond acceptors (Lipinski definition) is 5. The molecule has 30 heavy (non-hydrogen) atoms. The monoisotopic (exact) mass is 431 g/mol. The van der Waals surface area contributed by atoms with Crippen molar-refractivity contribution in [3.63, 3.8) is 0 Å². The number of para-hydroxylation sites is 1. The normalized spacial score (nSPS) is 21.6. The maximum absolute atomic E-state index is 13.0. The molecule has 2 aromatic rings. The van der Waals surface area contributed by atoms with Crippen LogP contribution >= 0.6 is 11.8 Å². The van der Waals surface area contributed by atoms with Crippen molar-refractivity contribution in [1.29, 1.82) is 0 Å². The Hall–Kier alpha value is -1.86. The molecule has 1 heterocycles. The van der Waals surface area contributed by atoms with Gasteiger partial charge < -0.3 is 10.1 Å². The number of nitrogens with zero attached hydrogens (tertiary/aromatic N) is 2. The van der Waals surface area contributed by atoms with E-state index in [2.05, 4.69) is 24.1 Å². The van der Waals surface area contributed by atoms with Crippen LogP contribution in [0.4, 0.5) is 0 Å². The van der Waals surface area contributed by atoms with Crippen molar-refractivity contribution in [2.45, 2.75) is 64.2 Å². The Morgan fingerprint density at radius 2 is 2.10 bits per heavy atom. The Kier molecular flexibility index (Phi) is 8.33. The van der Waals surface area contributed by atoms with Gasteiger partial charge in [-0.25, -0.2) is 4.98 Å². The summed E-state index contributed by atoms with van der Waals surface area (Å²) < 4.78 is 7.10. The molecule has 1 aliphatic carbocycles. The molecule has 0 bridgehead atoms. The summed E-state index contributed by atoms with van der Waals surface area (Å²) in [5.41, 5.74) is 0.607. The molecule has 1 fully saturated rings. The largest absolute Gasteiger partial charge is 0.382 e. The van der Waals surface area contributed by atoms with E-state index in [4.69, 9.17) is 4.74 Å². The third-order valence-electron chi connectivity index (χ3n) is 6.09. The number of nitrogens with one attached hydrogen (secondary N) is 1. The van der Waals surface area contributed by atoms with Crippen molar-refractivity contribution in [1.82, 2.24) is 14.9 Å². The van der Waals surface area contributed by atoms with Gasteiger partial charge in [-0.05, 0) is 43.7 Å². The zero-order valence-corrected chi connectivity index (χ0v) is 19.0. The molecule has 3 atom stereocenters. The van der Waals surface area contributed by atoms with Crippen LogP contribution in [-0.4, -0.2) is 40.5 Å². The van der Waals surface area contributed by atoms with E-state index < -0.39 is 0 Å². The van der Waals surface area contributed by atoms with Gasteiger partial charge in [-0.1, -0.05) is 50.6 Å². The molecule has 1 amide bonds. The van der Waals surface area contributed by atoms with Crippen LogP contribution in [0.15, 0.2) is 34.2 Å². The van der Waals surface area contributed by atoms with Gasteiger partial charge in [0.1, 0.15) is 0 Å². The van der Waals surface area contributed by atoms with Crippen LogP contribution in [0, 0.1) is 11.8 Å². The molecule has 3 rings (SSSR count). The molecule has 0 saturated heterocycles. The van der Waals surface area contributed by atoms with Crippen LogP contribution in [0.25, 0.3) is 10.9 Å². The Labute approximate surface area is 182 Å². The number of aromatic nitrogens is 2. The molecule has 0 spiro atoms. The number of thioether (sulfide) groups is 1. The topological polar surface area (TPSA) is 73.2 Å². The lowest BCUT2D eigenvalue weighted by atomic mass is 9.78. The summed E-state index contributed by atoms with van der Waals surface area (Å²) in [6, 6.07) is 7.61. The zero-order chi connectivity index (χ0) is 21.5. The van der Waals surface area contributed by atoms with Crippen molar-refractivity contribution in [3.8, 4) is 0 Å². The van der Waals surface area contributed by atoms with E-state index >= 15 is 0 Å². The van der Waals surface area contributed by atoms with E-state index in [1.165, 1.54) is 18.2 Å². The number of benzene rings is 1. The van der Waals surface area contributed by atoms with E-state index in [9.17, 15) is 9.59 Å². The fraction of sp³-hybridized carbons (Fsp3) is 0.609. The van der Waals surface area contributed by atoms with Gasteiger partial charge in [0.05, 0.1) is 16.7 Å². The van der Waals surface area contributed by atoms with Crippen LogP contribution in [0.2, 0.25) is 0 Å². The third-order valence-corrected chi connectivity index (χ3v) is 7.06. The summed E-state index contributed by atoms with van der Waals surface area (Å²) in [7, 11) is 0. The van der Waals surface area contributed by atoms with Crippen molar-refractivity contribution in [2.24, 2.45) is 11.8 Å². The van der Waals surface area contributed by atoms with Crippen LogP contribution in [0.1, 0.15) is 46.5 Å². The fourth-order valence-corrected chi connectivity index (χ4v) is 4.92. The minimum absolute atomic E-state index is 0.00854. The molecule has 164 valence electrons. The van der Waals surface area contributed by atoms with Gasteiger partial charge in [0.15, 0.2) is 5.16 Å². The minimum atomic E-state index is -0.0604. The average molecular weight is 432 g/mol. The summed E-state index contributed by atoms with van der Waals surface area (Å²) in [5.74, 6) is 1.39. The first-order chi connectivity index (χ1) is 14.5. The van der Waals surface area contributed by atoms with E-state index in [1.807, 2.05) is 25.1 Å². The van der Waals surface area contributed by atoms with Crippen LogP contribution in [0.3, 0.4) is 0 Å². The second-order valence-corrected chi connectivity index (χ2v) is 9.09. The van der Waals surface area contributed by atoms with Gasteiger partial charge in [0, 0.05) is 25.8 Å². The predicted octanol–water partition coefficient (Wildman–Crippen LogP) is 3.86. The maximum Gasteiger partial charge on any atom is 0.262 e. The Bertz CT molecular complexity index is 914. The van der Waals surface area contributed by atoms with E-state index in [1.54, 1.807) is 10.6 Å². The molecule has 1 aliphatic rings. The Morgan fingerprint density at radius 1 is 1.30 bits per heavy atom. The summed E-state index contributed by atoms with van der Waals surface area (Å²) in [4.78, 5) is 30.3. The zero-order valence-electron chi connectivity index (χ0n) is 18.2. The fourth-order valence-electron chi connectivity index (χ4n) is 4.09. The number of ether oxygens (including phenoxy) is 1. The van der Waals surface area contributed by atoms with Gasteiger partial charge in [-0.15, -0.1) is 0 Å². The number of amides is 1. The molecule has 1 saturated carbocycles. The summed E-state index contributed by atoms with van der Waals surface area (Å²) in [5, 5.41) is 4.40. The summed E-state index contributed by atoms with van der Waals surface area (Å²) in [6.07, 6.45) is 4.16. The van der Waals surface area contributed by atoms with Crippen molar-refractivity contribution < 1.29 is 9.53 Å². The van der Waals surface area contributed by atoms with Crippen molar-refractivity contribution in [3.05, 3.63) is 34.6 Å². The predicted molar refractivity (Wildman–Crippen MR) is 122 cm³/mol. The highest BCUT2D eigenvalue weighted by Crippen LogP contribution is 2.29. The second-order valence-electron chi connectivity index (χ2n) is 8.15. The van der Waals surface area contributed by atoms with E-state index in [0.717, 1.165) is 19.3 Å². The molecule has 1 N–H and O–H groups in total. The van der Waals surface area contributed by atoms with Crippen LogP contribution in [-0.2, 0) is 16.1 Å². The van der Waals surface area contributed by atoms with E-state index in [-0.39, 0.29) is 23.3 Å². The number of fused-ring (bicyclic) bond motifs is 1. The molecule has 6 nitrogen and oxygen atoms in total. The van der Waals surface area contributed by atoms with Gasteiger partial charge in [-0.2, -0.15) is 0 Å². The first-order valence-corrected chi connectivity index (χ1v) is 12.0. The second kappa shape index (κ2) is 11.0. The summed E-state index contributed by atoms with van der Waals surface area (Å²) >= 11 is 1.34. The lowest BCUT2D eigenvalue weighted by molar-refractivity contribution is -0.120. The molecular weight excluding hydrogens is 398 g/mol. The first-order valence-electron chi connectivity index (χ1n) is 11.0. The molecule has 7 heteroatoms. The number of rotatable bonds is 9. The Morgan fingerprint density at radius 3 is 2.90 bits per heavy atom. The number of hydrogen-bond donors (Lipinski definition) is 1. The first kappa shape index (κ1) is 22.8. The Balaban J connectivity index is 1.71. The number of carbonyl (C=O) groups excluding carboxylic acids is 1. The SMILES string of the molecule is CCOCCCn1c(SCC(=O)N[C@@H]2CCC[C@@H](C)[C@@H]2C)nc2ccccc2c1=O.